The predicted molar refractivity (Wildman–Crippen MR) is 72.0 cm³/mol. The average Bonchev–Trinajstić information content (AvgIpc) is 2.38. The molecule has 0 atom stereocenters. The van der Waals surface area contributed by atoms with Gasteiger partial charge in [-0.1, -0.05) is 18.2 Å². The van der Waals surface area contributed by atoms with Crippen molar-refractivity contribution in [3.8, 4) is 11.3 Å². The zero-order valence-corrected chi connectivity index (χ0v) is 10.3. The first-order valence-corrected chi connectivity index (χ1v) is 5.55. The van der Waals surface area contributed by atoms with Gasteiger partial charge in [-0.05, 0) is 37.9 Å². The lowest BCUT2D eigenvalue weighted by atomic mass is 10.0. The van der Waals surface area contributed by atoms with Gasteiger partial charge in [-0.2, -0.15) is 4.57 Å². The summed E-state index contributed by atoms with van der Waals surface area (Å²) >= 11 is 0. The number of aromatic nitrogens is 1. The summed E-state index contributed by atoms with van der Waals surface area (Å²) in [5.74, 6) is 0. The van der Waals surface area contributed by atoms with Crippen LogP contribution in [-0.2, 0) is 7.05 Å². The summed E-state index contributed by atoms with van der Waals surface area (Å²) in [4.78, 5) is 0. The van der Waals surface area contributed by atoms with Crippen LogP contribution in [0.2, 0.25) is 0 Å². The quantitative estimate of drug-likeness (QED) is 0.663. The minimum absolute atomic E-state index is 0.0858. The average molecular weight is 232 g/mol. The van der Waals surface area contributed by atoms with Crippen LogP contribution < -0.4 is 4.57 Å². The maximum atomic E-state index is 7.81. The van der Waals surface area contributed by atoms with Crippen molar-refractivity contribution in [2.45, 2.75) is 27.6 Å². The lowest BCUT2D eigenvalue weighted by molar-refractivity contribution is -0.667. The summed E-state index contributed by atoms with van der Waals surface area (Å²) in [5.41, 5.74) is 2.83. The minimum atomic E-state index is -2.51. The number of nitrogens with zero attached hydrogens (tertiary/aromatic N) is 1. The van der Waals surface area contributed by atoms with Gasteiger partial charge in [0.2, 0.25) is 5.69 Å². The molecule has 1 nitrogen and oxygen atoms in total. The molecule has 1 aromatic heterocycles. The van der Waals surface area contributed by atoms with Crippen LogP contribution in [0.5, 0.6) is 0 Å². The Morgan fingerprint density at radius 3 is 2.47 bits per heavy atom. The molecule has 0 amide bonds. The second-order valence-corrected chi connectivity index (χ2v) is 4.31. The molecule has 0 aliphatic rings. The molecule has 0 radical (unpaired) electrons. The third-order valence-corrected chi connectivity index (χ3v) is 3.10. The number of hydrogen-bond donors (Lipinski definition) is 0. The van der Waals surface area contributed by atoms with E-state index in [2.05, 4.69) is 0 Å². The maximum Gasteiger partial charge on any atom is 0.212 e. The summed E-state index contributed by atoms with van der Waals surface area (Å²) in [5, 5.41) is 0. The van der Waals surface area contributed by atoms with E-state index in [1.165, 1.54) is 4.57 Å². The Morgan fingerprint density at radius 1 is 1.06 bits per heavy atom. The highest BCUT2D eigenvalue weighted by Gasteiger charge is 2.17. The van der Waals surface area contributed by atoms with Crippen molar-refractivity contribution in [1.82, 2.24) is 0 Å². The van der Waals surface area contributed by atoms with Crippen LogP contribution in [0.3, 0.4) is 0 Å². The second kappa shape index (κ2) is 4.33. The molecule has 2 aromatic rings. The first-order valence-electron chi connectivity index (χ1n) is 8.55. The molecular formula is C16H20N+. The zero-order valence-electron chi connectivity index (χ0n) is 16.3. The Labute approximate surface area is 112 Å². The number of hydrogen-bond acceptors (Lipinski definition) is 0. The first kappa shape index (κ1) is 6.34. The van der Waals surface area contributed by atoms with Gasteiger partial charge in [0.25, 0.3) is 0 Å². The van der Waals surface area contributed by atoms with E-state index < -0.39 is 13.7 Å². The second-order valence-electron chi connectivity index (χ2n) is 4.31. The number of rotatable bonds is 1. The van der Waals surface area contributed by atoms with Crippen molar-refractivity contribution in [2.75, 3.05) is 0 Å². The van der Waals surface area contributed by atoms with Crippen LogP contribution >= 0.6 is 0 Å². The van der Waals surface area contributed by atoms with Crippen molar-refractivity contribution >= 4 is 0 Å². The number of benzene rings is 1. The lowest BCUT2D eigenvalue weighted by Gasteiger charge is -2.09. The van der Waals surface area contributed by atoms with E-state index in [0.29, 0.717) is 11.3 Å². The van der Waals surface area contributed by atoms with Crippen LogP contribution in [0.25, 0.3) is 11.3 Å². The highest BCUT2D eigenvalue weighted by molar-refractivity contribution is 5.61. The first-order chi connectivity index (χ1) is 10.4. The topological polar surface area (TPSA) is 3.88 Å². The Kier molecular flexibility index (Phi) is 1.61. The molecule has 17 heavy (non-hydrogen) atoms. The smallest absolute Gasteiger partial charge is 0.198 e. The Balaban J connectivity index is 2.91. The largest absolute Gasteiger partial charge is 0.212 e. The van der Waals surface area contributed by atoms with Gasteiger partial charge in [0, 0.05) is 32.3 Å². The van der Waals surface area contributed by atoms with Crippen LogP contribution in [0, 0.1) is 27.6 Å². The number of aryl methyl sites for hydroxylation is 2. The fourth-order valence-electron chi connectivity index (χ4n) is 1.97. The van der Waals surface area contributed by atoms with Crippen LogP contribution in [0.4, 0.5) is 0 Å². The molecule has 1 heterocycles. The third-order valence-electron chi connectivity index (χ3n) is 3.10. The fourth-order valence-corrected chi connectivity index (χ4v) is 1.97. The van der Waals surface area contributed by atoms with E-state index in [0.717, 1.165) is 11.1 Å². The van der Waals surface area contributed by atoms with Gasteiger partial charge in [-0.15, -0.1) is 0 Å². The van der Waals surface area contributed by atoms with E-state index in [1.807, 2.05) is 31.2 Å². The van der Waals surface area contributed by atoms with Gasteiger partial charge in [0.15, 0.2) is 5.69 Å². The molecule has 0 spiro atoms. The van der Waals surface area contributed by atoms with Gasteiger partial charge >= 0.3 is 0 Å². The summed E-state index contributed by atoms with van der Waals surface area (Å²) in [7, 11) is 1.61. The molecule has 0 bridgehead atoms. The minimum Gasteiger partial charge on any atom is -0.198 e. The normalized spacial score (nSPS) is 17.4. The SMILES string of the molecule is [2H]C([2H])([2H])c1c(C)cc(-c2ccccc2C)[n+](C)c1C([2H])([2H])[2H]. The van der Waals surface area contributed by atoms with E-state index in [-0.39, 0.29) is 11.3 Å². The summed E-state index contributed by atoms with van der Waals surface area (Å²) in [6.07, 6.45) is 0. The molecule has 88 valence electrons. The Bertz CT molecular complexity index is 743. The molecule has 0 fully saturated rings. The van der Waals surface area contributed by atoms with E-state index in [4.69, 9.17) is 8.22 Å². The highest BCUT2D eigenvalue weighted by Crippen LogP contribution is 2.22. The zero-order chi connectivity index (χ0) is 17.6. The van der Waals surface area contributed by atoms with Crippen LogP contribution in [0.1, 0.15) is 30.6 Å². The molecule has 0 unspecified atom stereocenters. The van der Waals surface area contributed by atoms with Crippen molar-refractivity contribution in [3.63, 3.8) is 0 Å². The van der Waals surface area contributed by atoms with Gasteiger partial charge in [0.05, 0.1) is 0 Å². The standard InChI is InChI=1S/C16H20N/c1-11-8-6-7-9-15(11)16-10-12(2)13(3)14(4)17(16)5/h6-10H,1-5H3/q+1/i3D3,4D3. The van der Waals surface area contributed by atoms with Crippen molar-refractivity contribution in [2.24, 2.45) is 7.05 Å². The molecule has 0 aliphatic carbocycles. The lowest BCUT2D eigenvalue weighted by Crippen LogP contribution is -2.36. The third kappa shape index (κ3) is 1.97. The molecule has 0 saturated carbocycles. The van der Waals surface area contributed by atoms with Crippen LogP contribution in [0.15, 0.2) is 30.3 Å². The van der Waals surface area contributed by atoms with E-state index >= 15 is 0 Å². The Hall–Kier alpha value is -1.63. The van der Waals surface area contributed by atoms with Gasteiger partial charge in [0.1, 0.15) is 7.05 Å². The van der Waals surface area contributed by atoms with Gasteiger partial charge in [-0.3, -0.25) is 0 Å². The molecule has 0 aliphatic heterocycles. The van der Waals surface area contributed by atoms with Crippen LogP contribution in [-0.4, -0.2) is 0 Å². The predicted octanol–water partition coefficient (Wildman–Crippen LogP) is 3.41. The molecule has 2 rings (SSSR count). The molecule has 1 aromatic carbocycles. The fraction of sp³-hybridized carbons (Fsp3) is 0.312. The van der Waals surface area contributed by atoms with E-state index in [1.54, 1.807) is 20.0 Å². The number of pyridine rings is 1. The summed E-state index contributed by atoms with van der Waals surface area (Å²) in [6, 6.07) is 9.39. The molecule has 0 saturated heterocycles. The van der Waals surface area contributed by atoms with E-state index in [9.17, 15) is 0 Å². The van der Waals surface area contributed by atoms with Crippen molar-refractivity contribution in [3.05, 3.63) is 52.7 Å². The van der Waals surface area contributed by atoms with Gasteiger partial charge in [-0.25, -0.2) is 0 Å². The Morgan fingerprint density at radius 2 is 1.82 bits per heavy atom. The van der Waals surface area contributed by atoms with Crippen molar-refractivity contribution in [1.29, 1.82) is 0 Å². The van der Waals surface area contributed by atoms with Crippen molar-refractivity contribution < 1.29 is 12.8 Å². The summed E-state index contributed by atoms with van der Waals surface area (Å²) in [6.45, 7) is -1.39. The van der Waals surface area contributed by atoms with Gasteiger partial charge < -0.3 is 0 Å². The monoisotopic (exact) mass is 232 g/mol. The molecule has 0 N–H and O–H groups in total. The highest BCUT2D eigenvalue weighted by atomic mass is 14.9. The molecule has 1 heteroatoms. The summed E-state index contributed by atoms with van der Waals surface area (Å²) < 4.78 is 48.1. The molecular weight excluding hydrogens is 206 g/mol. The maximum absolute atomic E-state index is 7.81.